The molecule has 1 unspecified atom stereocenters. The first kappa shape index (κ1) is 25.5. The molecule has 1 N–H and O–H groups in total. The van der Waals surface area contributed by atoms with Crippen LogP contribution in [-0.4, -0.2) is 11.2 Å². The van der Waals surface area contributed by atoms with E-state index in [1.807, 2.05) is 5.57 Å². The summed E-state index contributed by atoms with van der Waals surface area (Å²) in [6, 6.07) is 0. The Kier molecular flexibility index (Phi) is 6.60. The quantitative estimate of drug-likeness (QED) is 0.397. The molecule has 0 bridgehead atoms. The van der Waals surface area contributed by atoms with Gasteiger partial charge in [0.2, 0.25) is 0 Å². The minimum absolute atomic E-state index is 0.279. The maximum absolute atomic E-state index is 10.5. The number of rotatable bonds is 6. The van der Waals surface area contributed by atoms with Gasteiger partial charge in [-0.15, -0.1) is 0 Å². The molecular weight excluding hydrogens is 400 g/mol. The SMILES string of the molecule is C=C1[C@@H](O)CC[C@@]2(C)[C@H]1CC=C1[C@@H]2CC[C@]2(C)[C@@H]([C@H](C)CCC(C)(CC)C(C)C)CC[C@@]12C. The summed E-state index contributed by atoms with van der Waals surface area (Å²) in [5.41, 5.74) is 4.51. The molecule has 3 saturated carbocycles. The minimum atomic E-state index is -0.279. The fourth-order valence-corrected chi connectivity index (χ4v) is 9.52. The molecule has 1 heteroatoms. The van der Waals surface area contributed by atoms with Gasteiger partial charge in [-0.25, -0.2) is 0 Å². The topological polar surface area (TPSA) is 20.2 Å². The van der Waals surface area contributed by atoms with E-state index in [2.05, 4.69) is 68.0 Å². The molecule has 0 saturated heterocycles. The van der Waals surface area contributed by atoms with Crippen LogP contribution in [0.25, 0.3) is 0 Å². The highest BCUT2D eigenvalue weighted by atomic mass is 16.3. The lowest BCUT2D eigenvalue weighted by molar-refractivity contribution is -0.0425. The Morgan fingerprint density at radius 1 is 1.06 bits per heavy atom. The van der Waals surface area contributed by atoms with Crippen molar-refractivity contribution in [1.29, 1.82) is 0 Å². The molecule has 0 radical (unpaired) electrons. The van der Waals surface area contributed by atoms with Gasteiger partial charge in [0.25, 0.3) is 0 Å². The van der Waals surface area contributed by atoms with Crippen LogP contribution in [-0.2, 0) is 0 Å². The Hall–Kier alpha value is -0.560. The third-order valence-corrected chi connectivity index (χ3v) is 13.1. The summed E-state index contributed by atoms with van der Waals surface area (Å²) in [7, 11) is 0. The second-order valence-electron chi connectivity index (χ2n) is 14.2. The lowest BCUT2D eigenvalue weighted by Gasteiger charge is -2.61. The Balaban J connectivity index is 1.57. The molecule has 0 amide bonds. The molecule has 188 valence electrons. The van der Waals surface area contributed by atoms with Gasteiger partial charge in [-0.05, 0) is 115 Å². The van der Waals surface area contributed by atoms with Gasteiger partial charge < -0.3 is 5.11 Å². The number of hydrogen-bond acceptors (Lipinski definition) is 1. The Labute approximate surface area is 205 Å². The van der Waals surface area contributed by atoms with Crippen LogP contribution in [0.2, 0.25) is 0 Å². The average Bonchev–Trinajstić information content (AvgIpc) is 3.06. The van der Waals surface area contributed by atoms with E-state index in [1.165, 1.54) is 44.9 Å². The fourth-order valence-electron chi connectivity index (χ4n) is 9.52. The highest BCUT2D eigenvalue weighted by Gasteiger charge is 2.63. The van der Waals surface area contributed by atoms with Gasteiger partial charge in [0.1, 0.15) is 0 Å². The van der Waals surface area contributed by atoms with Crippen molar-refractivity contribution in [3.05, 3.63) is 23.8 Å². The number of aliphatic hydroxyl groups is 1. The first-order valence-electron chi connectivity index (χ1n) is 14.4. The maximum Gasteiger partial charge on any atom is 0.0750 e. The van der Waals surface area contributed by atoms with E-state index in [-0.39, 0.29) is 6.10 Å². The van der Waals surface area contributed by atoms with Crippen molar-refractivity contribution in [3.63, 3.8) is 0 Å². The molecule has 0 aliphatic heterocycles. The lowest BCUT2D eigenvalue weighted by atomic mass is 9.43. The van der Waals surface area contributed by atoms with E-state index >= 15 is 0 Å². The normalized spacial score (nSPS) is 45.6. The molecule has 3 fully saturated rings. The van der Waals surface area contributed by atoms with Crippen LogP contribution >= 0.6 is 0 Å². The molecule has 33 heavy (non-hydrogen) atoms. The average molecular weight is 455 g/mol. The van der Waals surface area contributed by atoms with E-state index < -0.39 is 0 Å². The summed E-state index contributed by atoms with van der Waals surface area (Å²) in [6.45, 7) is 24.6. The molecule has 4 rings (SSSR count). The van der Waals surface area contributed by atoms with E-state index in [9.17, 15) is 5.11 Å². The zero-order valence-electron chi connectivity index (χ0n) is 23.3. The zero-order chi connectivity index (χ0) is 24.4. The molecule has 1 nitrogen and oxygen atoms in total. The summed E-state index contributed by atoms with van der Waals surface area (Å²) >= 11 is 0. The summed E-state index contributed by atoms with van der Waals surface area (Å²) in [5, 5.41) is 10.5. The largest absolute Gasteiger partial charge is 0.389 e. The molecule has 4 aliphatic rings. The Bertz CT molecular complexity index is 792. The van der Waals surface area contributed by atoms with E-state index in [1.54, 1.807) is 0 Å². The highest BCUT2D eigenvalue weighted by molar-refractivity contribution is 5.35. The number of hydrogen-bond donors (Lipinski definition) is 1. The van der Waals surface area contributed by atoms with Crippen molar-refractivity contribution >= 4 is 0 Å². The molecule has 9 atom stereocenters. The number of allylic oxidation sites excluding steroid dienone is 2. The van der Waals surface area contributed by atoms with E-state index in [4.69, 9.17) is 0 Å². The first-order chi connectivity index (χ1) is 15.3. The van der Waals surface area contributed by atoms with Gasteiger partial charge in [0.15, 0.2) is 0 Å². The molecule has 0 spiro atoms. The van der Waals surface area contributed by atoms with Crippen molar-refractivity contribution < 1.29 is 5.11 Å². The molecule has 0 heterocycles. The monoisotopic (exact) mass is 454 g/mol. The number of aliphatic hydroxyl groups excluding tert-OH is 1. The van der Waals surface area contributed by atoms with Crippen LogP contribution in [0.4, 0.5) is 0 Å². The maximum atomic E-state index is 10.5. The Morgan fingerprint density at radius 3 is 2.39 bits per heavy atom. The summed E-state index contributed by atoms with van der Waals surface area (Å²) in [6.07, 6.45) is 15.1. The Morgan fingerprint density at radius 2 is 1.76 bits per heavy atom. The van der Waals surface area contributed by atoms with Crippen LogP contribution in [0.1, 0.15) is 120 Å². The van der Waals surface area contributed by atoms with Crippen LogP contribution in [0.5, 0.6) is 0 Å². The van der Waals surface area contributed by atoms with Crippen molar-refractivity contribution in [3.8, 4) is 0 Å². The van der Waals surface area contributed by atoms with Gasteiger partial charge in [0, 0.05) is 0 Å². The van der Waals surface area contributed by atoms with Crippen molar-refractivity contribution in [1.82, 2.24) is 0 Å². The first-order valence-corrected chi connectivity index (χ1v) is 14.4. The van der Waals surface area contributed by atoms with Crippen molar-refractivity contribution in [2.75, 3.05) is 0 Å². The standard InChI is InChI=1S/C32H54O/c1-10-29(6,21(2)3)17-13-22(4)24-14-19-32(9)27-12-11-25-23(5)28(33)16-18-30(25,7)26(27)15-20-31(24,32)8/h12,21-22,24-26,28,33H,5,10-11,13-20H2,1-4,6-9H3/t22-,24-,25+,26+,28+,29?,30+,31-,32+/m1/s1. The molecule has 0 aromatic heterocycles. The van der Waals surface area contributed by atoms with Crippen LogP contribution < -0.4 is 0 Å². The van der Waals surface area contributed by atoms with Crippen molar-refractivity contribution in [2.24, 2.45) is 51.2 Å². The van der Waals surface area contributed by atoms with Crippen LogP contribution in [0.15, 0.2) is 23.8 Å². The molecule has 0 aromatic carbocycles. The summed E-state index contributed by atoms with van der Waals surface area (Å²) < 4.78 is 0. The second kappa shape index (κ2) is 8.53. The highest BCUT2D eigenvalue weighted by Crippen LogP contribution is 2.72. The van der Waals surface area contributed by atoms with Crippen LogP contribution in [0.3, 0.4) is 0 Å². The van der Waals surface area contributed by atoms with E-state index in [0.29, 0.717) is 33.5 Å². The predicted octanol–water partition coefficient (Wildman–Crippen LogP) is 8.97. The van der Waals surface area contributed by atoms with Crippen molar-refractivity contribution in [2.45, 2.75) is 126 Å². The fraction of sp³-hybridized carbons (Fsp3) is 0.875. The van der Waals surface area contributed by atoms with Crippen LogP contribution in [0, 0.1) is 51.2 Å². The zero-order valence-corrected chi connectivity index (χ0v) is 23.3. The van der Waals surface area contributed by atoms with Gasteiger partial charge in [-0.1, -0.05) is 80.0 Å². The number of fused-ring (bicyclic) bond motifs is 5. The molecule has 4 aliphatic carbocycles. The van der Waals surface area contributed by atoms with Gasteiger partial charge in [-0.3, -0.25) is 0 Å². The van der Waals surface area contributed by atoms with E-state index in [0.717, 1.165) is 42.6 Å². The lowest BCUT2D eigenvalue weighted by Crippen LogP contribution is -2.54. The predicted molar refractivity (Wildman–Crippen MR) is 142 cm³/mol. The molecular formula is C32H54O. The molecule has 0 aromatic rings. The van der Waals surface area contributed by atoms with Gasteiger partial charge >= 0.3 is 0 Å². The third kappa shape index (κ3) is 3.65. The second-order valence-corrected chi connectivity index (χ2v) is 14.2. The smallest absolute Gasteiger partial charge is 0.0750 e. The summed E-state index contributed by atoms with van der Waals surface area (Å²) in [5.74, 6) is 3.60. The van der Waals surface area contributed by atoms with Gasteiger partial charge in [0.05, 0.1) is 6.10 Å². The minimum Gasteiger partial charge on any atom is -0.389 e. The van der Waals surface area contributed by atoms with Gasteiger partial charge in [-0.2, -0.15) is 0 Å². The summed E-state index contributed by atoms with van der Waals surface area (Å²) in [4.78, 5) is 0. The third-order valence-electron chi connectivity index (χ3n) is 13.1.